The van der Waals surface area contributed by atoms with Crippen molar-refractivity contribution in [2.75, 3.05) is 26.2 Å². The van der Waals surface area contributed by atoms with Crippen molar-refractivity contribution in [1.82, 2.24) is 10.2 Å². The Bertz CT molecular complexity index is 948. The van der Waals surface area contributed by atoms with Crippen LogP contribution in [0.15, 0.2) is 78.9 Å². The average Bonchev–Trinajstić information content (AvgIpc) is 2.80. The second kappa shape index (κ2) is 10.4. The van der Waals surface area contributed by atoms with Crippen molar-refractivity contribution in [3.8, 4) is 23.0 Å². The monoisotopic (exact) mass is 424 g/mol. The SMILES string of the molecule is FC(F)C[C@H](c1ccc(Oc2ccccc2)c(Oc2ccccc2)c1)N1CCNCC1. The smallest absolute Gasteiger partial charge is 0.240 e. The van der Waals surface area contributed by atoms with Gasteiger partial charge in [0, 0.05) is 38.6 Å². The highest BCUT2D eigenvalue weighted by Crippen LogP contribution is 2.39. The molecular formula is C25H26F2N2O2. The van der Waals surface area contributed by atoms with E-state index < -0.39 is 6.43 Å². The molecule has 162 valence electrons. The Labute approximate surface area is 181 Å². The molecule has 1 aliphatic rings. The summed E-state index contributed by atoms with van der Waals surface area (Å²) in [6.07, 6.45) is -2.61. The van der Waals surface area contributed by atoms with E-state index in [1.165, 1.54) is 0 Å². The molecule has 0 unspecified atom stereocenters. The van der Waals surface area contributed by atoms with Gasteiger partial charge in [0.25, 0.3) is 0 Å². The lowest BCUT2D eigenvalue weighted by molar-refractivity contribution is 0.0738. The van der Waals surface area contributed by atoms with Gasteiger partial charge in [-0.25, -0.2) is 8.78 Å². The molecule has 0 bridgehead atoms. The van der Waals surface area contributed by atoms with Crippen LogP contribution >= 0.6 is 0 Å². The summed E-state index contributed by atoms with van der Waals surface area (Å²) in [4.78, 5) is 2.11. The molecule has 1 N–H and O–H groups in total. The van der Waals surface area contributed by atoms with E-state index in [0.29, 0.717) is 23.0 Å². The lowest BCUT2D eigenvalue weighted by atomic mass is 10.0. The maximum atomic E-state index is 13.4. The van der Waals surface area contributed by atoms with Gasteiger partial charge < -0.3 is 14.8 Å². The summed E-state index contributed by atoms with van der Waals surface area (Å²) >= 11 is 0. The van der Waals surface area contributed by atoms with Crippen LogP contribution in [0.4, 0.5) is 8.78 Å². The predicted octanol–water partition coefficient (Wildman–Crippen LogP) is 5.87. The van der Waals surface area contributed by atoms with Gasteiger partial charge in [-0.2, -0.15) is 0 Å². The van der Waals surface area contributed by atoms with Gasteiger partial charge in [0.15, 0.2) is 11.5 Å². The van der Waals surface area contributed by atoms with Crippen LogP contribution in [0.1, 0.15) is 18.0 Å². The quantitative estimate of drug-likeness (QED) is 0.490. The minimum absolute atomic E-state index is 0.219. The summed E-state index contributed by atoms with van der Waals surface area (Å²) in [6, 6.07) is 23.9. The van der Waals surface area contributed by atoms with E-state index in [-0.39, 0.29) is 12.5 Å². The first-order chi connectivity index (χ1) is 15.2. The maximum Gasteiger partial charge on any atom is 0.240 e. The van der Waals surface area contributed by atoms with Gasteiger partial charge in [-0.15, -0.1) is 0 Å². The van der Waals surface area contributed by atoms with Crippen molar-refractivity contribution in [2.45, 2.75) is 18.9 Å². The number of benzene rings is 3. The Morgan fingerprint density at radius 2 is 1.35 bits per heavy atom. The zero-order valence-electron chi connectivity index (χ0n) is 17.2. The van der Waals surface area contributed by atoms with Crippen molar-refractivity contribution in [1.29, 1.82) is 0 Å². The first kappa shape index (κ1) is 21.3. The molecule has 0 amide bonds. The molecule has 1 saturated heterocycles. The number of halogens is 2. The van der Waals surface area contributed by atoms with Crippen molar-refractivity contribution in [3.05, 3.63) is 84.4 Å². The second-order valence-corrected chi connectivity index (χ2v) is 7.46. The Hall–Kier alpha value is -2.96. The number of para-hydroxylation sites is 2. The summed E-state index contributed by atoms with van der Waals surface area (Å²) in [7, 11) is 0. The maximum absolute atomic E-state index is 13.4. The highest BCUT2D eigenvalue weighted by molar-refractivity contribution is 5.48. The minimum atomic E-state index is -2.39. The van der Waals surface area contributed by atoms with Gasteiger partial charge in [0.2, 0.25) is 6.43 Å². The summed E-state index contributed by atoms with van der Waals surface area (Å²) in [5, 5.41) is 3.28. The van der Waals surface area contributed by atoms with Crippen LogP contribution in [-0.4, -0.2) is 37.5 Å². The summed E-state index contributed by atoms with van der Waals surface area (Å²) in [5.74, 6) is 2.38. The zero-order chi connectivity index (χ0) is 21.5. The first-order valence-electron chi connectivity index (χ1n) is 10.5. The highest BCUT2D eigenvalue weighted by Gasteiger charge is 2.26. The highest BCUT2D eigenvalue weighted by atomic mass is 19.3. The molecule has 31 heavy (non-hydrogen) atoms. The topological polar surface area (TPSA) is 33.7 Å². The molecule has 0 aliphatic carbocycles. The first-order valence-corrected chi connectivity index (χ1v) is 10.5. The van der Waals surface area contributed by atoms with E-state index >= 15 is 0 Å². The van der Waals surface area contributed by atoms with E-state index in [4.69, 9.17) is 9.47 Å². The molecule has 1 heterocycles. The van der Waals surface area contributed by atoms with Gasteiger partial charge >= 0.3 is 0 Å². The molecule has 4 rings (SSSR count). The van der Waals surface area contributed by atoms with E-state index in [1.54, 1.807) is 6.07 Å². The van der Waals surface area contributed by atoms with Crippen LogP contribution in [0.5, 0.6) is 23.0 Å². The summed E-state index contributed by atoms with van der Waals surface area (Å²) < 4.78 is 39.1. The number of hydrogen-bond acceptors (Lipinski definition) is 4. The van der Waals surface area contributed by atoms with Crippen LogP contribution in [-0.2, 0) is 0 Å². The van der Waals surface area contributed by atoms with E-state index in [9.17, 15) is 8.78 Å². The molecule has 3 aromatic carbocycles. The third-order valence-electron chi connectivity index (χ3n) is 5.29. The molecule has 0 aromatic heterocycles. The van der Waals surface area contributed by atoms with Crippen LogP contribution < -0.4 is 14.8 Å². The number of hydrogen-bond donors (Lipinski definition) is 1. The fourth-order valence-electron chi connectivity index (χ4n) is 3.79. The van der Waals surface area contributed by atoms with E-state index in [0.717, 1.165) is 31.7 Å². The summed E-state index contributed by atoms with van der Waals surface area (Å²) in [5.41, 5.74) is 0.800. The number of rotatable bonds is 8. The Kier molecular flexibility index (Phi) is 7.12. The second-order valence-electron chi connectivity index (χ2n) is 7.46. The third-order valence-corrected chi connectivity index (χ3v) is 5.29. The van der Waals surface area contributed by atoms with Gasteiger partial charge in [0.05, 0.1) is 0 Å². The number of ether oxygens (including phenoxy) is 2. The molecule has 0 radical (unpaired) electrons. The fourth-order valence-corrected chi connectivity index (χ4v) is 3.79. The van der Waals surface area contributed by atoms with Gasteiger partial charge in [-0.3, -0.25) is 4.90 Å². The van der Waals surface area contributed by atoms with Crippen molar-refractivity contribution in [2.24, 2.45) is 0 Å². The Balaban J connectivity index is 1.68. The fraction of sp³-hybridized carbons (Fsp3) is 0.280. The largest absolute Gasteiger partial charge is 0.453 e. The van der Waals surface area contributed by atoms with Gasteiger partial charge in [0.1, 0.15) is 11.5 Å². The molecule has 4 nitrogen and oxygen atoms in total. The Morgan fingerprint density at radius 1 is 0.774 bits per heavy atom. The van der Waals surface area contributed by atoms with Crippen molar-refractivity contribution >= 4 is 0 Å². The molecule has 0 spiro atoms. The average molecular weight is 424 g/mol. The molecule has 3 aromatic rings. The number of nitrogens with one attached hydrogen (secondary N) is 1. The van der Waals surface area contributed by atoms with Crippen LogP contribution in [0.25, 0.3) is 0 Å². The van der Waals surface area contributed by atoms with E-state index in [1.807, 2.05) is 72.8 Å². The Morgan fingerprint density at radius 3 is 1.94 bits per heavy atom. The molecular weight excluding hydrogens is 398 g/mol. The normalized spacial score (nSPS) is 15.6. The van der Waals surface area contributed by atoms with E-state index in [2.05, 4.69) is 10.2 Å². The van der Waals surface area contributed by atoms with Crippen LogP contribution in [0.2, 0.25) is 0 Å². The predicted molar refractivity (Wildman–Crippen MR) is 117 cm³/mol. The van der Waals surface area contributed by atoms with Crippen LogP contribution in [0.3, 0.4) is 0 Å². The van der Waals surface area contributed by atoms with Crippen LogP contribution in [0, 0.1) is 0 Å². The van der Waals surface area contributed by atoms with Gasteiger partial charge in [-0.05, 0) is 42.0 Å². The minimum Gasteiger partial charge on any atom is -0.453 e. The molecule has 0 saturated carbocycles. The number of alkyl halides is 2. The molecule has 1 aliphatic heterocycles. The number of piperazine rings is 1. The standard InChI is InChI=1S/C25H26F2N2O2/c26-25(27)18-22(29-15-13-28-14-16-29)19-11-12-23(30-20-7-3-1-4-8-20)24(17-19)31-21-9-5-2-6-10-21/h1-12,17,22,25,28H,13-16,18H2/t22-/m1/s1. The van der Waals surface area contributed by atoms with Gasteiger partial charge in [-0.1, -0.05) is 42.5 Å². The molecule has 1 atom stereocenters. The molecule has 1 fully saturated rings. The lowest BCUT2D eigenvalue weighted by Crippen LogP contribution is -2.45. The zero-order valence-corrected chi connectivity index (χ0v) is 17.2. The number of nitrogens with zero attached hydrogens (tertiary/aromatic N) is 1. The van der Waals surface area contributed by atoms with Crippen molar-refractivity contribution in [3.63, 3.8) is 0 Å². The van der Waals surface area contributed by atoms with Crippen molar-refractivity contribution < 1.29 is 18.3 Å². The lowest BCUT2D eigenvalue weighted by Gasteiger charge is -2.35. The third kappa shape index (κ3) is 5.81. The summed E-state index contributed by atoms with van der Waals surface area (Å²) in [6.45, 7) is 3.05. The molecule has 6 heteroatoms.